The van der Waals surface area contributed by atoms with Gasteiger partial charge in [-0.05, 0) is 40.5 Å². The maximum atomic E-state index is 12.8. The van der Waals surface area contributed by atoms with Crippen molar-refractivity contribution in [3.8, 4) is 0 Å². The molecule has 18 heavy (non-hydrogen) atoms. The van der Waals surface area contributed by atoms with Gasteiger partial charge in [0, 0.05) is 16.5 Å². The number of benzene rings is 1. The molecule has 0 aromatic heterocycles. The lowest BCUT2D eigenvalue weighted by atomic mass is 10.1. The zero-order chi connectivity index (χ0) is 13.5. The Morgan fingerprint density at radius 3 is 2.67 bits per heavy atom. The van der Waals surface area contributed by atoms with Gasteiger partial charge in [-0.3, -0.25) is 9.59 Å². The Labute approximate surface area is 113 Å². The zero-order valence-electron chi connectivity index (χ0n) is 10.0. The highest BCUT2D eigenvalue weighted by atomic mass is 79.9. The van der Waals surface area contributed by atoms with E-state index in [1.807, 2.05) is 6.92 Å². The predicted molar refractivity (Wildman–Crippen MR) is 68.9 cm³/mol. The number of hydrogen-bond acceptors (Lipinski definition) is 3. The third-order valence-corrected chi connectivity index (χ3v) is 2.91. The summed E-state index contributed by atoms with van der Waals surface area (Å²) in [7, 11) is 0. The molecule has 0 saturated carbocycles. The van der Waals surface area contributed by atoms with Crippen molar-refractivity contribution in [3.05, 3.63) is 34.1 Å². The monoisotopic (exact) mass is 316 g/mol. The Morgan fingerprint density at radius 2 is 2.06 bits per heavy atom. The van der Waals surface area contributed by atoms with E-state index in [1.54, 1.807) is 0 Å². The van der Waals surface area contributed by atoms with Crippen molar-refractivity contribution in [1.82, 2.24) is 0 Å². The molecule has 0 N–H and O–H groups in total. The maximum absolute atomic E-state index is 12.8. The van der Waals surface area contributed by atoms with Gasteiger partial charge in [0.1, 0.15) is 5.82 Å². The highest BCUT2D eigenvalue weighted by Gasteiger charge is 2.13. The van der Waals surface area contributed by atoms with Crippen LogP contribution < -0.4 is 0 Å². The summed E-state index contributed by atoms with van der Waals surface area (Å²) >= 11 is 3.12. The summed E-state index contributed by atoms with van der Waals surface area (Å²) in [4.78, 5) is 23.0. The first kappa shape index (κ1) is 14.8. The molecule has 5 heteroatoms. The SMILES string of the molecule is CCCOC(=O)CCC(=O)c1ccc(F)cc1Br. The van der Waals surface area contributed by atoms with Gasteiger partial charge in [0.25, 0.3) is 0 Å². The minimum Gasteiger partial charge on any atom is -0.466 e. The fraction of sp³-hybridized carbons (Fsp3) is 0.385. The molecule has 1 rings (SSSR count). The molecular weight excluding hydrogens is 303 g/mol. The fourth-order valence-electron chi connectivity index (χ4n) is 1.35. The van der Waals surface area contributed by atoms with Crippen LogP contribution >= 0.6 is 15.9 Å². The van der Waals surface area contributed by atoms with Crippen molar-refractivity contribution >= 4 is 27.7 Å². The normalized spacial score (nSPS) is 10.2. The van der Waals surface area contributed by atoms with Gasteiger partial charge >= 0.3 is 5.97 Å². The molecule has 0 bridgehead atoms. The van der Waals surface area contributed by atoms with Gasteiger partial charge in [0.2, 0.25) is 0 Å². The van der Waals surface area contributed by atoms with Gasteiger partial charge in [-0.2, -0.15) is 0 Å². The van der Waals surface area contributed by atoms with E-state index in [-0.39, 0.29) is 24.6 Å². The third kappa shape index (κ3) is 4.56. The van der Waals surface area contributed by atoms with Crippen molar-refractivity contribution in [2.45, 2.75) is 26.2 Å². The van der Waals surface area contributed by atoms with Gasteiger partial charge in [-0.25, -0.2) is 4.39 Å². The number of hydrogen-bond donors (Lipinski definition) is 0. The predicted octanol–water partition coefficient (Wildman–Crippen LogP) is 3.50. The van der Waals surface area contributed by atoms with Crippen LogP contribution in [0.2, 0.25) is 0 Å². The number of halogens is 2. The summed E-state index contributed by atoms with van der Waals surface area (Å²) in [6.45, 7) is 2.27. The Kier molecular flexibility index (Phi) is 5.98. The largest absolute Gasteiger partial charge is 0.466 e. The van der Waals surface area contributed by atoms with Gasteiger partial charge < -0.3 is 4.74 Å². The van der Waals surface area contributed by atoms with E-state index in [2.05, 4.69) is 15.9 Å². The fourth-order valence-corrected chi connectivity index (χ4v) is 1.93. The van der Waals surface area contributed by atoms with Crippen molar-refractivity contribution in [2.75, 3.05) is 6.61 Å². The van der Waals surface area contributed by atoms with Crippen LogP contribution in [-0.4, -0.2) is 18.4 Å². The number of carbonyl (C=O) groups excluding carboxylic acids is 2. The minimum atomic E-state index is -0.416. The number of ketones is 1. The topological polar surface area (TPSA) is 43.4 Å². The Balaban J connectivity index is 2.53. The van der Waals surface area contributed by atoms with Crippen LogP contribution in [0.25, 0.3) is 0 Å². The van der Waals surface area contributed by atoms with Crippen molar-refractivity contribution in [3.63, 3.8) is 0 Å². The Bertz CT molecular complexity index is 446. The van der Waals surface area contributed by atoms with Crippen molar-refractivity contribution in [2.24, 2.45) is 0 Å². The summed E-state index contributed by atoms with van der Waals surface area (Å²) in [5, 5.41) is 0. The Morgan fingerprint density at radius 1 is 1.33 bits per heavy atom. The quantitative estimate of drug-likeness (QED) is 0.596. The third-order valence-electron chi connectivity index (χ3n) is 2.25. The lowest BCUT2D eigenvalue weighted by molar-refractivity contribution is -0.143. The van der Waals surface area contributed by atoms with Crippen LogP contribution in [0.4, 0.5) is 4.39 Å². The van der Waals surface area contributed by atoms with E-state index >= 15 is 0 Å². The first-order valence-electron chi connectivity index (χ1n) is 5.68. The molecule has 0 amide bonds. The van der Waals surface area contributed by atoms with E-state index < -0.39 is 5.82 Å². The summed E-state index contributed by atoms with van der Waals surface area (Å²) < 4.78 is 18.1. The smallest absolute Gasteiger partial charge is 0.306 e. The molecule has 1 aromatic carbocycles. The molecule has 0 unspecified atom stereocenters. The lowest BCUT2D eigenvalue weighted by Crippen LogP contribution is -2.09. The molecule has 0 spiro atoms. The molecule has 3 nitrogen and oxygen atoms in total. The van der Waals surface area contributed by atoms with Crippen LogP contribution in [0.5, 0.6) is 0 Å². The average molecular weight is 317 g/mol. The van der Waals surface area contributed by atoms with Gasteiger partial charge in [-0.1, -0.05) is 6.92 Å². The standard InChI is InChI=1S/C13H14BrFO3/c1-2-7-18-13(17)6-5-12(16)10-4-3-9(15)8-11(10)14/h3-4,8H,2,5-7H2,1H3. The Hall–Kier alpha value is -1.23. The summed E-state index contributed by atoms with van der Waals surface area (Å²) in [6.07, 6.45) is 0.860. The van der Waals surface area contributed by atoms with E-state index in [0.717, 1.165) is 6.42 Å². The first-order chi connectivity index (χ1) is 8.54. The van der Waals surface area contributed by atoms with Crippen LogP contribution in [0.1, 0.15) is 36.5 Å². The highest BCUT2D eigenvalue weighted by molar-refractivity contribution is 9.10. The second-order valence-electron chi connectivity index (χ2n) is 3.77. The van der Waals surface area contributed by atoms with E-state index in [0.29, 0.717) is 16.6 Å². The number of Topliss-reactive ketones (excluding diaryl/α,β-unsaturated/α-hetero) is 1. The number of rotatable bonds is 6. The molecule has 1 aromatic rings. The first-order valence-corrected chi connectivity index (χ1v) is 6.47. The van der Waals surface area contributed by atoms with Crippen LogP contribution in [0.15, 0.2) is 22.7 Å². The van der Waals surface area contributed by atoms with Crippen LogP contribution in [0.3, 0.4) is 0 Å². The maximum Gasteiger partial charge on any atom is 0.306 e. The molecule has 0 radical (unpaired) electrons. The summed E-state index contributed by atoms with van der Waals surface area (Å²) in [6, 6.07) is 3.84. The molecule has 0 aliphatic heterocycles. The van der Waals surface area contributed by atoms with E-state index in [9.17, 15) is 14.0 Å². The molecule has 0 saturated heterocycles. The second-order valence-corrected chi connectivity index (χ2v) is 4.62. The summed E-state index contributed by atoms with van der Waals surface area (Å²) in [5.74, 6) is -1.01. The van der Waals surface area contributed by atoms with Gasteiger partial charge in [0.15, 0.2) is 5.78 Å². The lowest BCUT2D eigenvalue weighted by Gasteiger charge is -2.04. The molecular formula is C13H14BrFO3. The molecule has 0 aliphatic rings. The molecule has 0 atom stereocenters. The van der Waals surface area contributed by atoms with Crippen molar-refractivity contribution < 1.29 is 18.7 Å². The van der Waals surface area contributed by atoms with E-state index in [1.165, 1.54) is 18.2 Å². The van der Waals surface area contributed by atoms with Crippen molar-refractivity contribution in [1.29, 1.82) is 0 Å². The van der Waals surface area contributed by atoms with Gasteiger partial charge in [0.05, 0.1) is 13.0 Å². The highest BCUT2D eigenvalue weighted by Crippen LogP contribution is 2.20. The molecule has 0 fully saturated rings. The average Bonchev–Trinajstić information content (AvgIpc) is 2.33. The molecule has 0 heterocycles. The summed E-state index contributed by atoms with van der Waals surface area (Å²) in [5.41, 5.74) is 0.375. The van der Waals surface area contributed by atoms with Crippen LogP contribution in [0, 0.1) is 5.82 Å². The number of carbonyl (C=O) groups is 2. The zero-order valence-corrected chi connectivity index (χ0v) is 11.6. The number of esters is 1. The van der Waals surface area contributed by atoms with Gasteiger partial charge in [-0.15, -0.1) is 0 Å². The number of ether oxygens (including phenoxy) is 1. The molecule has 98 valence electrons. The van der Waals surface area contributed by atoms with E-state index in [4.69, 9.17) is 4.74 Å². The van der Waals surface area contributed by atoms with Crippen LogP contribution in [-0.2, 0) is 9.53 Å². The minimum absolute atomic E-state index is 0.0443. The molecule has 0 aliphatic carbocycles. The second kappa shape index (κ2) is 7.26.